The molecular weight excluding hydrogens is 378 g/mol. The van der Waals surface area contributed by atoms with E-state index in [-0.39, 0.29) is 23.8 Å². The maximum atomic E-state index is 13.5. The molecule has 2 bridgehead atoms. The molecule has 4 atom stereocenters. The molecule has 0 radical (unpaired) electrons. The van der Waals surface area contributed by atoms with Gasteiger partial charge in [0, 0.05) is 37.9 Å². The van der Waals surface area contributed by atoms with Crippen LogP contribution in [0.25, 0.3) is 0 Å². The molecule has 1 spiro atoms. The summed E-state index contributed by atoms with van der Waals surface area (Å²) < 4.78 is 6.32. The lowest BCUT2D eigenvalue weighted by molar-refractivity contribution is -0.143. The zero-order chi connectivity index (χ0) is 20.7. The molecule has 6 nitrogen and oxygen atoms in total. The number of amides is 2. The Balaban J connectivity index is 1.31. The third kappa shape index (κ3) is 3.25. The molecule has 2 saturated heterocycles. The summed E-state index contributed by atoms with van der Waals surface area (Å²) in [6.45, 7) is 1.19. The molecule has 0 aromatic carbocycles. The molecule has 4 heterocycles. The van der Waals surface area contributed by atoms with Gasteiger partial charge in [0.1, 0.15) is 5.60 Å². The van der Waals surface area contributed by atoms with Gasteiger partial charge in [0.2, 0.25) is 11.8 Å². The van der Waals surface area contributed by atoms with Gasteiger partial charge in [-0.1, -0.05) is 43.9 Å². The second kappa shape index (κ2) is 7.80. The van der Waals surface area contributed by atoms with E-state index in [9.17, 15) is 9.59 Å². The van der Waals surface area contributed by atoms with E-state index in [4.69, 9.17) is 4.74 Å². The van der Waals surface area contributed by atoms with Crippen molar-refractivity contribution in [3.8, 4) is 0 Å². The lowest BCUT2D eigenvalue weighted by atomic mass is 9.76. The molecule has 1 saturated carbocycles. The third-order valence-electron chi connectivity index (χ3n) is 7.49. The van der Waals surface area contributed by atoms with Crippen molar-refractivity contribution in [2.75, 3.05) is 20.1 Å². The highest BCUT2D eigenvalue weighted by atomic mass is 16.5. The Morgan fingerprint density at radius 3 is 2.80 bits per heavy atom. The Bertz CT molecular complexity index is 833. The summed E-state index contributed by atoms with van der Waals surface area (Å²) in [5, 5.41) is 0. The number of carbonyl (C=O) groups is 2. The van der Waals surface area contributed by atoms with E-state index in [1.807, 2.05) is 31.3 Å². The molecule has 3 fully saturated rings. The first-order valence-electron chi connectivity index (χ1n) is 11.4. The summed E-state index contributed by atoms with van der Waals surface area (Å²) in [6.07, 6.45) is 13.3. The number of aromatic nitrogens is 1. The normalized spacial score (nSPS) is 33.0. The first-order chi connectivity index (χ1) is 14.6. The minimum Gasteiger partial charge on any atom is -0.360 e. The first kappa shape index (κ1) is 19.7. The van der Waals surface area contributed by atoms with Gasteiger partial charge in [0.05, 0.1) is 24.5 Å². The fourth-order valence-electron chi connectivity index (χ4n) is 5.88. The molecule has 1 aliphatic carbocycles. The van der Waals surface area contributed by atoms with E-state index in [1.165, 1.54) is 25.7 Å². The molecule has 0 N–H and O–H groups in total. The van der Waals surface area contributed by atoms with Gasteiger partial charge in [-0.3, -0.25) is 14.6 Å². The molecule has 6 heteroatoms. The zero-order valence-corrected chi connectivity index (χ0v) is 17.7. The maximum absolute atomic E-state index is 13.5. The van der Waals surface area contributed by atoms with Crippen LogP contribution in [0.3, 0.4) is 0 Å². The fourth-order valence-corrected chi connectivity index (χ4v) is 5.88. The van der Waals surface area contributed by atoms with E-state index in [2.05, 4.69) is 16.0 Å². The van der Waals surface area contributed by atoms with E-state index in [0.717, 1.165) is 18.5 Å². The molecule has 160 valence electrons. The number of hydrogen-bond acceptors (Lipinski definition) is 4. The number of hydrogen-bond donors (Lipinski definition) is 0. The van der Waals surface area contributed by atoms with Crippen LogP contribution < -0.4 is 0 Å². The smallest absolute Gasteiger partial charge is 0.230 e. The number of likely N-dealkylation sites (tertiary alicyclic amines) is 1. The van der Waals surface area contributed by atoms with Crippen molar-refractivity contribution in [2.24, 2.45) is 11.8 Å². The van der Waals surface area contributed by atoms with Crippen molar-refractivity contribution in [2.45, 2.75) is 62.7 Å². The van der Waals surface area contributed by atoms with Crippen LogP contribution >= 0.6 is 0 Å². The van der Waals surface area contributed by atoms with Crippen LogP contribution in [0.1, 0.15) is 44.2 Å². The van der Waals surface area contributed by atoms with E-state index in [1.54, 1.807) is 11.1 Å². The number of fused-ring (bicyclic) bond motifs is 1. The fraction of sp³-hybridized carbons (Fsp3) is 0.625. The summed E-state index contributed by atoms with van der Waals surface area (Å²) in [5.74, 6) is -0.638. The highest BCUT2D eigenvalue weighted by molar-refractivity contribution is 5.93. The van der Waals surface area contributed by atoms with Crippen LogP contribution in [-0.2, 0) is 20.7 Å². The first-order valence-corrected chi connectivity index (χ1v) is 11.4. The minimum atomic E-state index is -0.601. The number of ether oxygens (including phenoxy) is 1. The number of likely N-dealkylation sites (N-methyl/N-ethyl adjacent to an activating group) is 1. The lowest BCUT2D eigenvalue weighted by Crippen LogP contribution is -2.45. The molecule has 30 heavy (non-hydrogen) atoms. The summed E-state index contributed by atoms with van der Waals surface area (Å²) >= 11 is 0. The summed E-state index contributed by atoms with van der Waals surface area (Å²) in [5.41, 5.74) is 0.366. The predicted octanol–water partition coefficient (Wildman–Crippen LogP) is 2.59. The van der Waals surface area contributed by atoms with Gasteiger partial charge in [-0.25, -0.2) is 0 Å². The number of pyridine rings is 1. The predicted molar refractivity (Wildman–Crippen MR) is 113 cm³/mol. The van der Waals surface area contributed by atoms with Crippen LogP contribution in [0.4, 0.5) is 0 Å². The maximum Gasteiger partial charge on any atom is 0.230 e. The van der Waals surface area contributed by atoms with Crippen molar-refractivity contribution < 1.29 is 14.3 Å². The van der Waals surface area contributed by atoms with Gasteiger partial charge in [-0.15, -0.1) is 0 Å². The summed E-state index contributed by atoms with van der Waals surface area (Å²) in [6, 6.07) is 6.13. The molecular formula is C24H31N3O3. The molecule has 4 aliphatic rings. The highest BCUT2D eigenvalue weighted by Gasteiger charge is 2.67. The van der Waals surface area contributed by atoms with E-state index in [0.29, 0.717) is 25.6 Å². The van der Waals surface area contributed by atoms with Crippen LogP contribution in [0.15, 0.2) is 36.5 Å². The second-order valence-electron chi connectivity index (χ2n) is 9.34. The summed E-state index contributed by atoms with van der Waals surface area (Å²) in [4.78, 5) is 35.1. The lowest BCUT2D eigenvalue weighted by Gasteiger charge is -2.30. The van der Waals surface area contributed by atoms with E-state index >= 15 is 0 Å². The van der Waals surface area contributed by atoms with Crippen molar-refractivity contribution in [1.29, 1.82) is 0 Å². The van der Waals surface area contributed by atoms with Gasteiger partial charge in [0.25, 0.3) is 0 Å². The second-order valence-corrected chi connectivity index (χ2v) is 9.34. The average molecular weight is 410 g/mol. The Labute approximate surface area is 178 Å². The Morgan fingerprint density at radius 1 is 1.27 bits per heavy atom. The van der Waals surface area contributed by atoms with Crippen molar-refractivity contribution in [1.82, 2.24) is 14.8 Å². The molecule has 1 aromatic rings. The Kier molecular flexibility index (Phi) is 5.13. The topological polar surface area (TPSA) is 62.7 Å². The molecule has 5 rings (SSSR count). The van der Waals surface area contributed by atoms with Gasteiger partial charge in [-0.05, 0) is 25.0 Å². The molecule has 4 unspecified atom stereocenters. The largest absolute Gasteiger partial charge is 0.360 e. The van der Waals surface area contributed by atoms with Gasteiger partial charge in [0.15, 0.2) is 0 Å². The van der Waals surface area contributed by atoms with Crippen molar-refractivity contribution in [3.05, 3.63) is 42.2 Å². The van der Waals surface area contributed by atoms with Crippen LogP contribution in [0.5, 0.6) is 0 Å². The molecule has 1 aromatic heterocycles. The third-order valence-corrected chi connectivity index (χ3v) is 7.49. The van der Waals surface area contributed by atoms with Crippen LogP contribution in [0.2, 0.25) is 0 Å². The molecule has 2 amide bonds. The highest BCUT2D eigenvalue weighted by Crippen LogP contribution is 2.53. The average Bonchev–Trinajstić information content (AvgIpc) is 3.32. The summed E-state index contributed by atoms with van der Waals surface area (Å²) in [7, 11) is 1.83. The standard InChI is InChI=1S/C24H31N3O3/c1-26(15-12-17-8-6-7-14-25-17)22(28)20-19-11-13-24(30-19)16-27(23(29)21(20)24)18-9-4-2-3-5-10-18/h6-8,11,13-14,18-21H,2-5,9-10,12,15-16H2,1H3. The molecule has 3 aliphatic heterocycles. The quantitative estimate of drug-likeness (QED) is 0.554. The zero-order valence-electron chi connectivity index (χ0n) is 17.7. The van der Waals surface area contributed by atoms with Gasteiger partial charge >= 0.3 is 0 Å². The van der Waals surface area contributed by atoms with Crippen LogP contribution in [-0.4, -0.2) is 64.5 Å². The minimum absolute atomic E-state index is 0.0169. The SMILES string of the molecule is CN(CCc1ccccn1)C(=O)C1C2C=CC3(CN(C4CCCCCC4)C(=O)C13)O2. The van der Waals surface area contributed by atoms with Crippen LogP contribution in [0, 0.1) is 11.8 Å². The number of rotatable bonds is 5. The van der Waals surface area contributed by atoms with E-state index < -0.39 is 11.5 Å². The van der Waals surface area contributed by atoms with Gasteiger partial charge in [-0.2, -0.15) is 0 Å². The Morgan fingerprint density at radius 2 is 2.07 bits per heavy atom. The van der Waals surface area contributed by atoms with Crippen molar-refractivity contribution >= 4 is 11.8 Å². The van der Waals surface area contributed by atoms with Gasteiger partial charge < -0.3 is 14.5 Å². The Hall–Kier alpha value is -2.21. The number of carbonyl (C=O) groups excluding carboxylic acids is 2. The monoisotopic (exact) mass is 409 g/mol. The number of nitrogens with zero attached hydrogens (tertiary/aromatic N) is 3. The van der Waals surface area contributed by atoms with Crippen molar-refractivity contribution in [3.63, 3.8) is 0 Å².